The summed E-state index contributed by atoms with van der Waals surface area (Å²) < 4.78 is 12.6. The third kappa shape index (κ3) is 3.97. The summed E-state index contributed by atoms with van der Waals surface area (Å²) in [6, 6.07) is 17.5. The van der Waals surface area contributed by atoms with Crippen molar-refractivity contribution in [1.82, 2.24) is 9.78 Å². The van der Waals surface area contributed by atoms with Crippen molar-refractivity contribution in [2.24, 2.45) is 0 Å². The number of carbonyl (C=O) groups excluding carboxylic acids is 1. The van der Waals surface area contributed by atoms with Crippen LogP contribution in [0.5, 0.6) is 11.5 Å². The number of nitrogens with one attached hydrogen (secondary N) is 1. The summed E-state index contributed by atoms with van der Waals surface area (Å²) in [5.41, 5.74) is 1.81. The molecule has 0 bridgehead atoms. The van der Waals surface area contributed by atoms with Gasteiger partial charge in [0.1, 0.15) is 17.2 Å². The number of aryl methyl sites for hydroxylation is 1. The van der Waals surface area contributed by atoms with Crippen LogP contribution in [-0.4, -0.2) is 29.9 Å². The zero-order chi connectivity index (χ0) is 22.8. The lowest BCUT2D eigenvalue weighted by atomic mass is 10.1. The number of hydrogen-bond acceptors (Lipinski definition) is 5. The summed E-state index contributed by atoms with van der Waals surface area (Å²) in [5, 5.41) is 8.14. The Kier molecular flexibility index (Phi) is 5.96. The predicted octanol–water partition coefficient (Wildman–Crippen LogP) is 4.73. The third-order valence-electron chi connectivity index (χ3n) is 5.01. The maximum atomic E-state index is 13.3. The van der Waals surface area contributed by atoms with Crippen molar-refractivity contribution >= 4 is 38.3 Å². The Morgan fingerprint density at radius 3 is 2.44 bits per heavy atom. The molecule has 0 unspecified atom stereocenters. The molecule has 1 heterocycles. The maximum absolute atomic E-state index is 13.3. The first-order valence-corrected chi connectivity index (χ1v) is 10.5. The summed E-state index contributed by atoms with van der Waals surface area (Å²) in [7, 11) is 3.04. The van der Waals surface area contributed by atoms with Gasteiger partial charge in [-0.2, -0.15) is 9.78 Å². The normalized spacial score (nSPS) is 10.8. The van der Waals surface area contributed by atoms with Gasteiger partial charge in [-0.15, -0.1) is 0 Å². The van der Waals surface area contributed by atoms with E-state index in [4.69, 9.17) is 9.47 Å². The van der Waals surface area contributed by atoms with Gasteiger partial charge in [0.25, 0.3) is 11.5 Å². The first kappa shape index (κ1) is 21.6. The van der Waals surface area contributed by atoms with Crippen LogP contribution in [0.1, 0.15) is 16.1 Å². The van der Waals surface area contributed by atoms with E-state index in [2.05, 4.69) is 26.3 Å². The van der Waals surface area contributed by atoms with Gasteiger partial charge in [-0.25, -0.2) is 0 Å². The molecule has 0 fully saturated rings. The van der Waals surface area contributed by atoms with Crippen molar-refractivity contribution < 1.29 is 14.3 Å². The fraction of sp³-hybridized carbons (Fsp3) is 0.125. The fourth-order valence-corrected chi connectivity index (χ4v) is 3.98. The number of methoxy groups -OCH3 is 2. The van der Waals surface area contributed by atoms with Crippen LogP contribution in [0.4, 0.5) is 5.69 Å². The van der Waals surface area contributed by atoms with Crippen LogP contribution in [-0.2, 0) is 0 Å². The highest BCUT2D eigenvalue weighted by atomic mass is 79.9. The Hall–Kier alpha value is -3.65. The zero-order valence-electron chi connectivity index (χ0n) is 17.7. The Labute approximate surface area is 192 Å². The van der Waals surface area contributed by atoms with Crippen molar-refractivity contribution in [2.45, 2.75) is 6.92 Å². The van der Waals surface area contributed by atoms with Gasteiger partial charge in [-0.3, -0.25) is 9.59 Å². The Morgan fingerprint density at radius 2 is 1.75 bits per heavy atom. The van der Waals surface area contributed by atoms with Gasteiger partial charge in [0.2, 0.25) is 0 Å². The van der Waals surface area contributed by atoms with Crippen molar-refractivity contribution in [3.8, 4) is 17.2 Å². The molecule has 0 saturated heterocycles. The van der Waals surface area contributed by atoms with Crippen LogP contribution in [0.25, 0.3) is 16.5 Å². The number of anilines is 1. The molecule has 0 aliphatic carbocycles. The third-order valence-corrected chi connectivity index (χ3v) is 5.66. The molecule has 8 heteroatoms. The van der Waals surface area contributed by atoms with Crippen LogP contribution in [0.3, 0.4) is 0 Å². The van der Waals surface area contributed by atoms with Crippen LogP contribution in [0.2, 0.25) is 0 Å². The highest BCUT2D eigenvalue weighted by Crippen LogP contribution is 2.28. The van der Waals surface area contributed by atoms with E-state index in [0.717, 1.165) is 10.0 Å². The highest BCUT2D eigenvalue weighted by Gasteiger charge is 2.20. The molecule has 1 amide bonds. The van der Waals surface area contributed by atoms with Gasteiger partial charge in [-0.05, 0) is 58.7 Å². The molecule has 0 aliphatic rings. The van der Waals surface area contributed by atoms with Crippen LogP contribution >= 0.6 is 15.9 Å². The molecular weight excluding hydrogens is 474 g/mol. The largest absolute Gasteiger partial charge is 0.497 e. The summed E-state index contributed by atoms with van der Waals surface area (Å²) >= 11 is 3.47. The molecule has 0 saturated carbocycles. The number of hydrogen-bond donors (Lipinski definition) is 1. The summed E-state index contributed by atoms with van der Waals surface area (Å²) in [6.07, 6.45) is 0. The second-order valence-electron chi connectivity index (χ2n) is 7.09. The summed E-state index contributed by atoms with van der Waals surface area (Å²) in [5.74, 6) is 0.524. The molecule has 4 rings (SSSR count). The highest BCUT2D eigenvalue weighted by molar-refractivity contribution is 9.10. The summed E-state index contributed by atoms with van der Waals surface area (Å²) in [4.78, 5) is 26.5. The first-order chi connectivity index (χ1) is 15.4. The standard InChI is InChI=1S/C24H20BrN3O4/c1-14-8-10-19(18(25)12-14)26-23(29)22-16-6-4-5-7-17(16)24(30)28(27-22)20-11-9-15(31-2)13-21(20)32-3/h4-13H,1-3H3,(H,26,29). The van der Waals surface area contributed by atoms with E-state index in [1.54, 1.807) is 49.6 Å². The SMILES string of the molecule is COc1ccc(-n2nc(C(=O)Nc3ccc(C)cc3Br)c3ccccc3c2=O)c(OC)c1. The minimum absolute atomic E-state index is 0.116. The van der Waals surface area contributed by atoms with E-state index in [-0.39, 0.29) is 11.3 Å². The fourth-order valence-electron chi connectivity index (χ4n) is 3.38. The van der Waals surface area contributed by atoms with E-state index in [0.29, 0.717) is 33.6 Å². The van der Waals surface area contributed by atoms with Crippen LogP contribution in [0.15, 0.2) is 69.9 Å². The van der Waals surface area contributed by atoms with Gasteiger partial charge < -0.3 is 14.8 Å². The maximum Gasteiger partial charge on any atom is 0.279 e. The molecule has 0 spiro atoms. The lowest BCUT2D eigenvalue weighted by Crippen LogP contribution is -2.27. The number of ether oxygens (including phenoxy) is 2. The lowest BCUT2D eigenvalue weighted by Gasteiger charge is -2.15. The van der Waals surface area contributed by atoms with Crippen LogP contribution < -0.4 is 20.3 Å². The predicted molar refractivity (Wildman–Crippen MR) is 127 cm³/mol. The molecule has 3 aromatic carbocycles. The minimum Gasteiger partial charge on any atom is -0.497 e. The number of carbonyl (C=O) groups is 1. The number of halogens is 1. The van der Waals surface area contributed by atoms with E-state index >= 15 is 0 Å². The average molecular weight is 494 g/mol. The smallest absolute Gasteiger partial charge is 0.279 e. The number of rotatable bonds is 5. The molecule has 1 aromatic heterocycles. The van der Waals surface area contributed by atoms with Gasteiger partial charge in [0.15, 0.2) is 5.69 Å². The van der Waals surface area contributed by atoms with E-state index in [9.17, 15) is 9.59 Å². The molecule has 4 aromatic rings. The van der Waals surface area contributed by atoms with Gasteiger partial charge >= 0.3 is 0 Å². The number of amides is 1. The van der Waals surface area contributed by atoms with Crippen molar-refractivity contribution in [3.05, 3.63) is 86.7 Å². The molecule has 162 valence electrons. The lowest BCUT2D eigenvalue weighted by molar-refractivity contribution is 0.102. The molecule has 0 aliphatic heterocycles. The quantitative estimate of drug-likeness (QED) is 0.434. The zero-order valence-corrected chi connectivity index (χ0v) is 19.3. The topological polar surface area (TPSA) is 82.5 Å². The second-order valence-corrected chi connectivity index (χ2v) is 7.94. The second kappa shape index (κ2) is 8.84. The molecule has 1 N–H and O–H groups in total. The van der Waals surface area contributed by atoms with Crippen molar-refractivity contribution in [2.75, 3.05) is 19.5 Å². The molecule has 0 radical (unpaired) electrons. The number of aromatic nitrogens is 2. The van der Waals surface area contributed by atoms with Crippen LogP contribution in [0, 0.1) is 6.92 Å². The van der Waals surface area contributed by atoms with E-state index in [1.807, 2.05) is 25.1 Å². The van der Waals surface area contributed by atoms with Crippen molar-refractivity contribution in [1.29, 1.82) is 0 Å². The van der Waals surface area contributed by atoms with E-state index in [1.165, 1.54) is 11.8 Å². The number of fused-ring (bicyclic) bond motifs is 1. The monoisotopic (exact) mass is 493 g/mol. The van der Waals surface area contributed by atoms with Gasteiger partial charge in [0, 0.05) is 15.9 Å². The molecular formula is C24H20BrN3O4. The average Bonchev–Trinajstić information content (AvgIpc) is 2.81. The van der Waals surface area contributed by atoms with Gasteiger partial charge in [-0.1, -0.05) is 24.3 Å². The van der Waals surface area contributed by atoms with E-state index < -0.39 is 5.91 Å². The van der Waals surface area contributed by atoms with Crippen molar-refractivity contribution in [3.63, 3.8) is 0 Å². The summed E-state index contributed by atoms with van der Waals surface area (Å²) in [6.45, 7) is 1.96. The molecule has 7 nitrogen and oxygen atoms in total. The first-order valence-electron chi connectivity index (χ1n) is 9.75. The Morgan fingerprint density at radius 1 is 1.00 bits per heavy atom. The molecule has 0 atom stereocenters. The van der Waals surface area contributed by atoms with Gasteiger partial charge in [0.05, 0.1) is 25.3 Å². The Bertz CT molecular complexity index is 1400. The molecule has 32 heavy (non-hydrogen) atoms. The minimum atomic E-state index is -0.438. The Balaban J connectivity index is 1.90. The number of benzene rings is 3. The number of nitrogens with zero attached hydrogens (tertiary/aromatic N) is 2.